The predicted molar refractivity (Wildman–Crippen MR) is 68.4 cm³/mol. The van der Waals surface area contributed by atoms with Crippen LogP contribution in [0.1, 0.15) is 36.7 Å². The zero-order valence-electron chi connectivity index (χ0n) is 9.86. The summed E-state index contributed by atoms with van der Waals surface area (Å²) in [6.45, 7) is 2.01. The van der Waals surface area contributed by atoms with Crippen molar-refractivity contribution in [3.8, 4) is 0 Å². The second kappa shape index (κ2) is 5.58. The van der Waals surface area contributed by atoms with Crippen LogP contribution >= 0.6 is 15.9 Å². The highest BCUT2D eigenvalue weighted by Gasteiger charge is 2.19. The highest BCUT2D eigenvalue weighted by molar-refractivity contribution is 9.10. The third-order valence-electron chi connectivity index (χ3n) is 2.52. The van der Waals surface area contributed by atoms with Crippen LogP contribution in [0, 0.1) is 5.82 Å². The van der Waals surface area contributed by atoms with E-state index in [0.29, 0.717) is 28.2 Å². The molecule has 0 saturated carbocycles. The molecule has 2 aromatic rings. The topological polar surface area (TPSA) is 64.9 Å². The first-order valence-corrected chi connectivity index (χ1v) is 6.44. The summed E-state index contributed by atoms with van der Waals surface area (Å²) in [5, 5.41) is 3.79. The number of aryl methyl sites for hydroxylation is 1. The van der Waals surface area contributed by atoms with E-state index in [4.69, 9.17) is 10.3 Å². The molecule has 0 aliphatic rings. The van der Waals surface area contributed by atoms with E-state index < -0.39 is 11.9 Å². The van der Waals surface area contributed by atoms with Gasteiger partial charge in [-0.05, 0) is 18.6 Å². The molecule has 2 rings (SSSR count). The zero-order valence-corrected chi connectivity index (χ0v) is 11.4. The molecule has 0 bridgehead atoms. The summed E-state index contributed by atoms with van der Waals surface area (Å²) < 4.78 is 19.4. The second-order valence-electron chi connectivity index (χ2n) is 3.94. The molecule has 0 spiro atoms. The molecule has 0 radical (unpaired) electrons. The summed E-state index contributed by atoms with van der Waals surface area (Å²) >= 11 is 3.20. The first kappa shape index (κ1) is 13.2. The van der Waals surface area contributed by atoms with Gasteiger partial charge in [0.2, 0.25) is 5.89 Å². The van der Waals surface area contributed by atoms with Crippen molar-refractivity contribution in [3.63, 3.8) is 0 Å². The van der Waals surface area contributed by atoms with E-state index in [2.05, 4.69) is 26.1 Å². The third kappa shape index (κ3) is 2.76. The maximum atomic E-state index is 13.7. The second-order valence-corrected chi connectivity index (χ2v) is 4.86. The lowest BCUT2D eigenvalue weighted by molar-refractivity contribution is 0.370. The predicted octanol–water partition coefficient (Wildman–Crippen LogP) is 2.97. The van der Waals surface area contributed by atoms with Gasteiger partial charge in [0, 0.05) is 16.5 Å². The number of nitrogens with two attached hydrogens (primary N) is 1. The van der Waals surface area contributed by atoms with Crippen molar-refractivity contribution in [1.82, 2.24) is 10.1 Å². The molecule has 0 amide bonds. The van der Waals surface area contributed by atoms with Gasteiger partial charge in [-0.2, -0.15) is 4.98 Å². The summed E-state index contributed by atoms with van der Waals surface area (Å²) in [6, 6.07) is 3.99. The Morgan fingerprint density at radius 3 is 2.94 bits per heavy atom. The van der Waals surface area contributed by atoms with Crippen LogP contribution in [0.5, 0.6) is 0 Å². The Hall–Kier alpha value is -1.27. The quantitative estimate of drug-likeness (QED) is 0.942. The van der Waals surface area contributed by atoms with Crippen LogP contribution in [-0.4, -0.2) is 10.1 Å². The minimum atomic E-state index is -0.715. The third-order valence-corrected chi connectivity index (χ3v) is 3.02. The zero-order chi connectivity index (χ0) is 13.1. The summed E-state index contributed by atoms with van der Waals surface area (Å²) in [5.74, 6) is 0.443. The number of nitrogens with zero attached hydrogens (tertiary/aromatic N) is 2. The molecule has 1 atom stereocenters. The van der Waals surface area contributed by atoms with E-state index in [0.717, 1.165) is 6.42 Å². The lowest BCUT2D eigenvalue weighted by Crippen LogP contribution is -2.15. The van der Waals surface area contributed by atoms with Crippen molar-refractivity contribution in [3.05, 3.63) is 45.8 Å². The van der Waals surface area contributed by atoms with Gasteiger partial charge >= 0.3 is 0 Å². The van der Waals surface area contributed by atoms with Crippen LogP contribution in [0.25, 0.3) is 0 Å². The monoisotopic (exact) mass is 313 g/mol. The molecule has 6 heteroatoms. The molecule has 0 fully saturated rings. The molecule has 0 aliphatic heterocycles. The molecule has 2 N–H and O–H groups in total. The number of hydrogen-bond acceptors (Lipinski definition) is 4. The maximum Gasteiger partial charge on any atom is 0.226 e. The fourth-order valence-electron chi connectivity index (χ4n) is 1.60. The van der Waals surface area contributed by atoms with Crippen molar-refractivity contribution >= 4 is 15.9 Å². The van der Waals surface area contributed by atoms with Gasteiger partial charge in [-0.3, -0.25) is 0 Å². The molecule has 1 unspecified atom stereocenters. The van der Waals surface area contributed by atoms with E-state index in [1.165, 1.54) is 6.07 Å². The molecule has 1 aromatic carbocycles. The van der Waals surface area contributed by atoms with Gasteiger partial charge in [0.25, 0.3) is 0 Å². The van der Waals surface area contributed by atoms with Crippen LogP contribution in [0.4, 0.5) is 4.39 Å². The van der Waals surface area contributed by atoms with Crippen LogP contribution < -0.4 is 5.73 Å². The van der Waals surface area contributed by atoms with E-state index in [1.807, 2.05) is 6.92 Å². The average molecular weight is 314 g/mol. The smallest absolute Gasteiger partial charge is 0.226 e. The number of benzene rings is 1. The number of hydrogen-bond donors (Lipinski definition) is 1. The highest BCUT2D eigenvalue weighted by atomic mass is 79.9. The summed E-state index contributed by atoms with van der Waals surface area (Å²) in [7, 11) is 0. The summed E-state index contributed by atoms with van der Waals surface area (Å²) in [4.78, 5) is 4.16. The molecule has 18 heavy (non-hydrogen) atoms. The maximum absolute atomic E-state index is 13.7. The van der Waals surface area contributed by atoms with Crippen LogP contribution in [-0.2, 0) is 6.42 Å². The van der Waals surface area contributed by atoms with Crippen molar-refractivity contribution in [2.75, 3.05) is 0 Å². The standard InChI is InChI=1S/C12H13BrFN3O/c1-2-3-10-16-12(17-18-10)11(15)8-5-4-7(13)6-9(8)14/h4-6,11H,2-3,15H2,1H3. The van der Waals surface area contributed by atoms with E-state index in [1.54, 1.807) is 12.1 Å². The molecule has 1 heterocycles. The van der Waals surface area contributed by atoms with Crippen LogP contribution in [0.3, 0.4) is 0 Å². The molecule has 96 valence electrons. The first-order valence-electron chi connectivity index (χ1n) is 5.64. The van der Waals surface area contributed by atoms with Gasteiger partial charge in [0.1, 0.15) is 5.82 Å². The van der Waals surface area contributed by atoms with Gasteiger partial charge in [0.05, 0.1) is 6.04 Å². The number of rotatable bonds is 4. The summed E-state index contributed by atoms with van der Waals surface area (Å²) in [5.41, 5.74) is 6.29. The number of aromatic nitrogens is 2. The van der Waals surface area contributed by atoms with Gasteiger partial charge in [0.15, 0.2) is 5.82 Å². The SMILES string of the molecule is CCCc1nc(C(N)c2ccc(Br)cc2F)no1. The van der Waals surface area contributed by atoms with E-state index in [-0.39, 0.29) is 0 Å². The van der Waals surface area contributed by atoms with Gasteiger partial charge in [-0.25, -0.2) is 4.39 Å². The fourth-order valence-corrected chi connectivity index (χ4v) is 1.94. The lowest BCUT2D eigenvalue weighted by atomic mass is 10.1. The first-order chi connectivity index (χ1) is 8.61. The van der Waals surface area contributed by atoms with Crippen molar-refractivity contribution in [2.45, 2.75) is 25.8 Å². The average Bonchev–Trinajstić information content (AvgIpc) is 2.77. The van der Waals surface area contributed by atoms with Crippen LogP contribution in [0.2, 0.25) is 0 Å². The molecule has 4 nitrogen and oxygen atoms in total. The molecule has 0 saturated heterocycles. The Bertz CT molecular complexity index is 544. The lowest BCUT2D eigenvalue weighted by Gasteiger charge is -2.08. The molecule has 0 aliphatic carbocycles. The Morgan fingerprint density at radius 1 is 1.50 bits per heavy atom. The molecule has 1 aromatic heterocycles. The normalized spacial score (nSPS) is 12.7. The van der Waals surface area contributed by atoms with Gasteiger partial charge in [-0.15, -0.1) is 0 Å². The van der Waals surface area contributed by atoms with Crippen LogP contribution in [0.15, 0.2) is 27.2 Å². The molecular formula is C12H13BrFN3O. The van der Waals surface area contributed by atoms with Gasteiger partial charge < -0.3 is 10.3 Å². The Labute approximate surface area is 113 Å². The highest BCUT2D eigenvalue weighted by Crippen LogP contribution is 2.23. The van der Waals surface area contributed by atoms with Crippen molar-refractivity contribution in [1.29, 1.82) is 0 Å². The molecular weight excluding hydrogens is 301 g/mol. The Balaban J connectivity index is 2.26. The summed E-state index contributed by atoms with van der Waals surface area (Å²) in [6.07, 6.45) is 1.60. The Kier molecular flexibility index (Phi) is 4.08. The largest absolute Gasteiger partial charge is 0.339 e. The minimum absolute atomic E-state index is 0.305. The van der Waals surface area contributed by atoms with Crippen molar-refractivity contribution < 1.29 is 8.91 Å². The van der Waals surface area contributed by atoms with Crippen molar-refractivity contribution in [2.24, 2.45) is 5.73 Å². The van der Waals surface area contributed by atoms with E-state index in [9.17, 15) is 4.39 Å². The Morgan fingerprint density at radius 2 is 2.28 bits per heavy atom. The minimum Gasteiger partial charge on any atom is -0.339 e. The van der Waals surface area contributed by atoms with E-state index >= 15 is 0 Å². The van der Waals surface area contributed by atoms with Gasteiger partial charge in [-0.1, -0.05) is 34.1 Å². The number of halogens is 2. The fraction of sp³-hybridized carbons (Fsp3) is 0.333.